The highest BCUT2D eigenvalue weighted by Gasteiger charge is 2.41. The summed E-state index contributed by atoms with van der Waals surface area (Å²) in [6.07, 6.45) is 0. The number of nitrogen functional groups attached to an aromatic ring is 1. The van der Waals surface area contributed by atoms with Crippen LogP contribution in [0.1, 0.15) is 12.5 Å². The smallest absolute Gasteiger partial charge is 0.292 e. The molecule has 8 nitrogen and oxygen atoms in total. The lowest BCUT2D eigenvalue weighted by atomic mass is 9.88. The van der Waals surface area contributed by atoms with Crippen LogP contribution in [0.15, 0.2) is 18.2 Å². The van der Waals surface area contributed by atoms with E-state index in [9.17, 15) is 14.9 Å². The van der Waals surface area contributed by atoms with Crippen molar-refractivity contribution in [3.05, 3.63) is 33.9 Å². The van der Waals surface area contributed by atoms with Gasteiger partial charge in [-0.15, -0.1) is 0 Å². The summed E-state index contributed by atoms with van der Waals surface area (Å²) < 4.78 is 5.33. The Balaban J connectivity index is 2.47. The normalized spacial score (nSPS) is 18.5. The molecule has 1 aliphatic rings. The Kier molecular flexibility index (Phi) is 4.62. The second-order valence-electron chi connectivity index (χ2n) is 5.28. The van der Waals surface area contributed by atoms with Gasteiger partial charge in [-0.25, -0.2) is 0 Å². The number of nitro groups is 1. The van der Waals surface area contributed by atoms with Crippen molar-refractivity contribution in [2.45, 2.75) is 12.5 Å². The van der Waals surface area contributed by atoms with Crippen LogP contribution in [0.4, 0.5) is 11.4 Å². The molecule has 1 atom stereocenters. The first-order valence-electron chi connectivity index (χ1n) is 7.00. The maximum Gasteiger partial charge on any atom is 0.292 e. The lowest BCUT2D eigenvalue weighted by Gasteiger charge is -2.42. The molecule has 1 fully saturated rings. The number of anilines is 1. The average Bonchev–Trinajstić information content (AvgIpc) is 2.53. The van der Waals surface area contributed by atoms with Gasteiger partial charge in [0.05, 0.1) is 18.1 Å². The molecule has 0 spiro atoms. The van der Waals surface area contributed by atoms with Gasteiger partial charge in [0, 0.05) is 26.2 Å². The molecule has 1 aromatic rings. The zero-order chi connectivity index (χ0) is 16.3. The van der Waals surface area contributed by atoms with Crippen LogP contribution in [0.25, 0.3) is 0 Å². The van der Waals surface area contributed by atoms with Crippen LogP contribution < -0.4 is 11.1 Å². The van der Waals surface area contributed by atoms with Gasteiger partial charge in [0.25, 0.3) is 5.69 Å². The van der Waals surface area contributed by atoms with E-state index in [1.54, 1.807) is 20.0 Å². The number of carbonyl (C=O) groups is 1. The van der Waals surface area contributed by atoms with Crippen LogP contribution in [0.5, 0.6) is 0 Å². The van der Waals surface area contributed by atoms with E-state index >= 15 is 0 Å². The average molecular weight is 308 g/mol. The van der Waals surface area contributed by atoms with E-state index in [1.165, 1.54) is 12.1 Å². The molecule has 0 aliphatic carbocycles. The molecule has 8 heteroatoms. The zero-order valence-electron chi connectivity index (χ0n) is 12.7. The number of likely N-dealkylation sites (N-methyl/N-ethyl adjacent to an activating group) is 1. The zero-order valence-corrected chi connectivity index (χ0v) is 12.7. The molecule has 1 heterocycles. The molecule has 1 unspecified atom stereocenters. The molecule has 2 rings (SSSR count). The summed E-state index contributed by atoms with van der Waals surface area (Å²) >= 11 is 0. The summed E-state index contributed by atoms with van der Waals surface area (Å²) in [5.41, 5.74) is 5.32. The Labute approximate surface area is 128 Å². The summed E-state index contributed by atoms with van der Waals surface area (Å²) in [6, 6.07) is 4.42. The van der Waals surface area contributed by atoms with Gasteiger partial charge in [0.1, 0.15) is 11.2 Å². The number of benzene rings is 1. The number of nitrogens with two attached hydrogens (primary N) is 1. The maximum atomic E-state index is 12.5. The lowest BCUT2D eigenvalue weighted by Crippen LogP contribution is -2.57. The first kappa shape index (κ1) is 16.2. The molecule has 22 heavy (non-hydrogen) atoms. The molecular weight excluding hydrogens is 288 g/mol. The Bertz CT molecular complexity index is 586. The molecule has 1 aliphatic heterocycles. The summed E-state index contributed by atoms with van der Waals surface area (Å²) in [5, 5.41) is 13.6. The largest absolute Gasteiger partial charge is 0.393 e. The number of morpholine rings is 1. The predicted octanol–water partition coefficient (Wildman–Crippen LogP) is 0.470. The third-order valence-electron chi connectivity index (χ3n) is 4.10. The van der Waals surface area contributed by atoms with Gasteiger partial charge >= 0.3 is 0 Å². The standard InChI is InChI=1S/C14H20N4O4/c1-14(13(19)16-2,17-5-7-22-8-6-17)10-3-4-12(18(20)21)11(15)9-10/h3-4,9H,5-8,15H2,1-2H3,(H,16,19). The van der Waals surface area contributed by atoms with Gasteiger partial charge in [0.2, 0.25) is 5.91 Å². The number of carbonyl (C=O) groups excluding carboxylic acids is 1. The maximum absolute atomic E-state index is 12.5. The highest BCUT2D eigenvalue weighted by atomic mass is 16.6. The number of hydrogen-bond acceptors (Lipinski definition) is 6. The first-order valence-corrected chi connectivity index (χ1v) is 7.00. The van der Waals surface area contributed by atoms with Crippen LogP contribution in [0.2, 0.25) is 0 Å². The highest BCUT2D eigenvalue weighted by Crippen LogP contribution is 2.33. The minimum Gasteiger partial charge on any atom is -0.393 e. The molecule has 0 radical (unpaired) electrons. The summed E-state index contributed by atoms with van der Waals surface area (Å²) in [4.78, 5) is 24.8. The SMILES string of the molecule is CNC(=O)C(C)(c1ccc([N+](=O)[O-])c(N)c1)N1CCOCC1. The Hall–Kier alpha value is -2.19. The van der Waals surface area contributed by atoms with E-state index in [4.69, 9.17) is 10.5 Å². The van der Waals surface area contributed by atoms with Gasteiger partial charge < -0.3 is 15.8 Å². The van der Waals surface area contributed by atoms with Crippen LogP contribution >= 0.6 is 0 Å². The van der Waals surface area contributed by atoms with Crippen molar-refractivity contribution in [3.63, 3.8) is 0 Å². The van der Waals surface area contributed by atoms with E-state index in [1.807, 2.05) is 4.90 Å². The van der Waals surface area contributed by atoms with E-state index < -0.39 is 10.5 Å². The quantitative estimate of drug-likeness (QED) is 0.475. The fourth-order valence-corrected chi connectivity index (χ4v) is 2.73. The monoisotopic (exact) mass is 308 g/mol. The fourth-order valence-electron chi connectivity index (χ4n) is 2.73. The summed E-state index contributed by atoms with van der Waals surface area (Å²) in [5.74, 6) is -0.192. The van der Waals surface area contributed by atoms with Crippen molar-refractivity contribution in [1.29, 1.82) is 0 Å². The Morgan fingerprint density at radius 1 is 1.45 bits per heavy atom. The van der Waals surface area contributed by atoms with Crippen LogP contribution in [0, 0.1) is 10.1 Å². The third-order valence-corrected chi connectivity index (χ3v) is 4.10. The molecule has 0 bridgehead atoms. The van der Waals surface area contributed by atoms with Gasteiger partial charge in [-0.1, -0.05) is 0 Å². The number of nitrogens with one attached hydrogen (secondary N) is 1. The number of hydrogen-bond donors (Lipinski definition) is 2. The van der Waals surface area contributed by atoms with E-state index in [-0.39, 0.29) is 17.3 Å². The van der Waals surface area contributed by atoms with Crippen LogP contribution in [-0.2, 0) is 15.1 Å². The van der Waals surface area contributed by atoms with Gasteiger partial charge in [0.15, 0.2) is 0 Å². The molecule has 120 valence electrons. The van der Waals surface area contributed by atoms with E-state index in [0.29, 0.717) is 31.9 Å². The molecule has 1 saturated heterocycles. The van der Waals surface area contributed by atoms with E-state index in [2.05, 4.69) is 5.32 Å². The topological polar surface area (TPSA) is 111 Å². The molecule has 1 aromatic carbocycles. The van der Waals surface area contributed by atoms with Crippen molar-refractivity contribution in [1.82, 2.24) is 10.2 Å². The summed E-state index contributed by atoms with van der Waals surface area (Å²) in [6.45, 7) is 4.06. The fraction of sp³-hybridized carbons (Fsp3) is 0.500. The molecule has 1 amide bonds. The predicted molar refractivity (Wildman–Crippen MR) is 81.3 cm³/mol. The number of ether oxygens (including phenoxy) is 1. The first-order chi connectivity index (χ1) is 10.4. The number of rotatable bonds is 4. The van der Waals surface area contributed by atoms with Gasteiger partial charge in [-0.2, -0.15) is 0 Å². The van der Waals surface area contributed by atoms with Crippen molar-refractivity contribution in [2.24, 2.45) is 0 Å². The molecule has 0 saturated carbocycles. The van der Waals surface area contributed by atoms with E-state index in [0.717, 1.165) is 0 Å². The van der Waals surface area contributed by atoms with Crippen LogP contribution in [0.3, 0.4) is 0 Å². The Morgan fingerprint density at radius 2 is 2.09 bits per heavy atom. The Morgan fingerprint density at radius 3 is 2.59 bits per heavy atom. The molecule has 0 aromatic heterocycles. The molecule has 3 N–H and O–H groups in total. The number of nitrogens with zero attached hydrogens (tertiary/aromatic N) is 2. The minimum absolute atomic E-state index is 0.0471. The van der Waals surface area contributed by atoms with Crippen LogP contribution in [-0.4, -0.2) is 49.1 Å². The van der Waals surface area contributed by atoms with Crippen molar-refractivity contribution < 1.29 is 14.5 Å². The minimum atomic E-state index is -0.957. The second-order valence-corrected chi connectivity index (χ2v) is 5.28. The molecular formula is C14H20N4O4. The van der Waals surface area contributed by atoms with Gasteiger partial charge in [-0.05, 0) is 24.6 Å². The number of amides is 1. The summed E-state index contributed by atoms with van der Waals surface area (Å²) in [7, 11) is 1.57. The second kappa shape index (κ2) is 6.29. The van der Waals surface area contributed by atoms with Crippen molar-refractivity contribution in [3.8, 4) is 0 Å². The number of nitro benzene ring substituents is 1. The van der Waals surface area contributed by atoms with Gasteiger partial charge in [-0.3, -0.25) is 19.8 Å². The van der Waals surface area contributed by atoms with Crippen molar-refractivity contribution in [2.75, 3.05) is 39.1 Å². The highest BCUT2D eigenvalue weighted by molar-refractivity contribution is 5.87. The third kappa shape index (κ3) is 2.75. The lowest BCUT2D eigenvalue weighted by molar-refractivity contribution is -0.383. The van der Waals surface area contributed by atoms with Crippen molar-refractivity contribution >= 4 is 17.3 Å².